The molecule has 1 N–H and O–H groups in total. The summed E-state index contributed by atoms with van der Waals surface area (Å²) in [6.45, 7) is 4.34. The Bertz CT molecular complexity index is 960. The molecular formula is C23H24N3+. The van der Waals surface area contributed by atoms with Crippen molar-refractivity contribution in [2.75, 3.05) is 4.90 Å². The van der Waals surface area contributed by atoms with Gasteiger partial charge in [-0.1, -0.05) is 54.6 Å². The van der Waals surface area contributed by atoms with E-state index in [0.717, 1.165) is 0 Å². The summed E-state index contributed by atoms with van der Waals surface area (Å²) in [5.41, 5.74) is 6.21. The first-order valence-corrected chi connectivity index (χ1v) is 9.02. The largest absolute Gasteiger partial charge is 0.350 e. The maximum absolute atomic E-state index is 3.36. The lowest BCUT2D eigenvalue weighted by Gasteiger charge is -2.19. The van der Waals surface area contributed by atoms with Gasteiger partial charge in [0.25, 0.3) is 5.82 Å². The van der Waals surface area contributed by atoms with Crippen LogP contribution >= 0.6 is 0 Å². The Balaban J connectivity index is 1.96. The number of benzene rings is 2. The summed E-state index contributed by atoms with van der Waals surface area (Å²) < 4.78 is 2.28. The molecule has 2 heterocycles. The molecule has 0 unspecified atom stereocenters. The quantitative estimate of drug-likeness (QED) is 0.712. The van der Waals surface area contributed by atoms with E-state index in [9.17, 15) is 0 Å². The van der Waals surface area contributed by atoms with Crippen molar-refractivity contribution in [3.63, 3.8) is 0 Å². The fourth-order valence-electron chi connectivity index (χ4n) is 3.56. The van der Waals surface area contributed by atoms with E-state index in [1.54, 1.807) is 0 Å². The van der Waals surface area contributed by atoms with E-state index in [1.807, 2.05) is 6.20 Å². The van der Waals surface area contributed by atoms with Gasteiger partial charge in [0, 0.05) is 17.8 Å². The van der Waals surface area contributed by atoms with Crippen LogP contribution in [0.5, 0.6) is 0 Å². The van der Waals surface area contributed by atoms with Crippen molar-refractivity contribution in [3.8, 4) is 22.4 Å². The molecule has 0 amide bonds. The zero-order valence-electron chi connectivity index (χ0n) is 15.5. The Kier molecular flexibility index (Phi) is 4.21. The van der Waals surface area contributed by atoms with Crippen molar-refractivity contribution in [1.29, 1.82) is 0 Å². The van der Waals surface area contributed by atoms with Gasteiger partial charge in [-0.25, -0.2) is 9.47 Å². The highest BCUT2D eigenvalue weighted by Gasteiger charge is 2.28. The number of anilines is 1. The van der Waals surface area contributed by atoms with Crippen molar-refractivity contribution < 1.29 is 4.57 Å². The molecule has 0 saturated carbocycles. The molecule has 4 rings (SSSR count). The zero-order chi connectivity index (χ0) is 18.1. The first-order valence-electron chi connectivity index (χ1n) is 9.02. The first-order chi connectivity index (χ1) is 12.6. The summed E-state index contributed by atoms with van der Waals surface area (Å²) in [6.07, 6.45) is 4.35. The van der Waals surface area contributed by atoms with Crippen LogP contribution in [0.1, 0.15) is 12.5 Å². The average molecular weight is 342 g/mol. The first kappa shape index (κ1) is 16.4. The molecule has 0 aliphatic carbocycles. The Morgan fingerprint density at radius 1 is 0.923 bits per heavy atom. The molecule has 0 spiro atoms. The van der Waals surface area contributed by atoms with E-state index in [2.05, 4.69) is 109 Å². The number of hydrogen-bond acceptors (Lipinski definition) is 2. The lowest BCUT2D eigenvalue weighted by atomic mass is 10.00. The summed E-state index contributed by atoms with van der Waals surface area (Å²) in [5.74, 6) is 1.17. The van der Waals surface area contributed by atoms with E-state index < -0.39 is 0 Å². The SMILES string of the molecule is Cc1ccccc1-c1cc(-c2ccccc2)cc(N2C=CN[C@H]2C)[n+]1C. The molecule has 0 radical (unpaired) electrons. The van der Waals surface area contributed by atoms with Crippen molar-refractivity contribution in [1.82, 2.24) is 5.32 Å². The van der Waals surface area contributed by atoms with Crippen LogP contribution in [0.15, 0.2) is 79.1 Å². The fraction of sp³-hybridized carbons (Fsp3) is 0.174. The molecule has 1 aliphatic heterocycles. The average Bonchev–Trinajstić information content (AvgIpc) is 3.09. The van der Waals surface area contributed by atoms with Gasteiger partial charge in [0.15, 0.2) is 6.17 Å². The second-order valence-corrected chi connectivity index (χ2v) is 6.79. The number of nitrogens with zero attached hydrogens (tertiary/aromatic N) is 2. The molecule has 0 saturated heterocycles. The van der Waals surface area contributed by atoms with Crippen LogP contribution in [0.4, 0.5) is 5.82 Å². The minimum absolute atomic E-state index is 0.233. The Labute approximate surface area is 155 Å². The fourth-order valence-corrected chi connectivity index (χ4v) is 3.56. The van der Waals surface area contributed by atoms with Gasteiger partial charge in [0.05, 0.1) is 7.05 Å². The van der Waals surface area contributed by atoms with Gasteiger partial charge in [0.2, 0.25) is 0 Å². The molecule has 0 bridgehead atoms. The molecule has 1 atom stereocenters. The predicted octanol–water partition coefficient (Wildman–Crippen LogP) is 4.38. The van der Waals surface area contributed by atoms with Gasteiger partial charge < -0.3 is 5.32 Å². The van der Waals surface area contributed by atoms with Crippen LogP contribution in [0.3, 0.4) is 0 Å². The third-order valence-corrected chi connectivity index (χ3v) is 5.06. The molecule has 3 aromatic rings. The van der Waals surface area contributed by atoms with Gasteiger partial charge in [-0.3, -0.25) is 0 Å². The highest BCUT2D eigenvalue weighted by atomic mass is 15.3. The van der Waals surface area contributed by atoms with Crippen LogP contribution in [0.25, 0.3) is 22.4 Å². The second kappa shape index (κ2) is 6.68. The number of pyridine rings is 1. The van der Waals surface area contributed by atoms with Crippen molar-refractivity contribution >= 4 is 5.82 Å². The molecule has 1 aromatic heterocycles. The van der Waals surface area contributed by atoms with Crippen molar-refractivity contribution in [3.05, 3.63) is 84.7 Å². The molecule has 26 heavy (non-hydrogen) atoms. The monoisotopic (exact) mass is 342 g/mol. The van der Waals surface area contributed by atoms with Crippen LogP contribution in [-0.4, -0.2) is 6.17 Å². The van der Waals surface area contributed by atoms with E-state index in [4.69, 9.17) is 0 Å². The topological polar surface area (TPSA) is 19.1 Å². The van der Waals surface area contributed by atoms with E-state index in [0.29, 0.717) is 0 Å². The lowest BCUT2D eigenvalue weighted by molar-refractivity contribution is -0.647. The van der Waals surface area contributed by atoms with E-state index in [-0.39, 0.29) is 6.17 Å². The Hall–Kier alpha value is -3.07. The van der Waals surface area contributed by atoms with Crippen LogP contribution in [0.2, 0.25) is 0 Å². The standard InChI is InChI=1S/C23H24N3/c1-17-9-7-8-12-21(17)22-15-20(19-10-5-4-6-11-19)16-23(25(22)3)26-14-13-24-18(26)2/h4-16,18,24H,1-3H3/q+1/t18-/m1/s1. The van der Waals surface area contributed by atoms with Gasteiger partial charge >= 0.3 is 0 Å². The smallest absolute Gasteiger partial charge is 0.283 e. The van der Waals surface area contributed by atoms with Gasteiger partial charge in [-0.2, -0.15) is 0 Å². The summed E-state index contributed by atoms with van der Waals surface area (Å²) in [5, 5.41) is 3.36. The van der Waals surface area contributed by atoms with E-state index >= 15 is 0 Å². The molecule has 3 nitrogen and oxygen atoms in total. The number of aryl methyl sites for hydroxylation is 1. The molecule has 3 heteroatoms. The number of nitrogens with one attached hydrogen (secondary N) is 1. The van der Waals surface area contributed by atoms with Gasteiger partial charge in [-0.15, -0.1) is 0 Å². The molecule has 2 aromatic carbocycles. The number of rotatable bonds is 3. The maximum atomic E-state index is 3.36. The molecule has 0 fully saturated rings. The Morgan fingerprint density at radius 2 is 1.65 bits per heavy atom. The summed E-state index contributed by atoms with van der Waals surface area (Å²) in [6, 6.07) is 23.7. The zero-order valence-corrected chi connectivity index (χ0v) is 15.5. The minimum atomic E-state index is 0.233. The predicted molar refractivity (Wildman–Crippen MR) is 107 cm³/mol. The summed E-state index contributed by atoms with van der Waals surface area (Å²) in [7, 11) is 2.14. The third-order valence-electron chi connectivity index (χ3n) is 5.06. The molecule has 1 aliphatic rings. The third kappa shape index (κ3) is 2.86. The second-order valence-electron chi connectivity index (χ2n) is 6.79. The minimum Gasteiger partial charge on any atom is -0.350 e. The number of hydrogen-bond donors (Lipinski definition) is 1. The normalized spacial score (nSPS) is 16.0. The summed E-state index contributed by atoms with van der Waals surface area (Å²) >= 11 is 0. The lowest BCUT2D eigenvalue weighted by Crippen LogP contribution is -2.43. The van der Waals surface area contributed by atoms with Crippen LogP contribution in [0, 0.1) is 6.92 Å². The highest BCUT2D eigenvalue weighted by Crippen LogP contribution is 2.30. The number of aromatic nitrogens is 1. The van der Waals surface area contributed by atoms with Gasteiger partial charge in [0.1, 0.15) is 11.9 Å². The van der Waals surface area contributed by atoms with Crippen molar-refractivity contribution in [2.45, 2.75) is 20.0 Å². The highest BCUT2D eigenvalue weighted by molar-refractivity contribution is 5.73. The summed E-state index contributed by atoms with van der Waals surface area (Å²) in [4.78, 5) is 2.27. The van der Waals surface area contributed by atoms with Crippen LogP contribution in [-0.2, 0) is 7.05 Å². The Morgan fingerprint density at radius 3 is 2.35 bits per heavy atom. The van der Waals surface area contributed by atoms with E-state index in [1.165, 1.54) is 33.8 Å². The van der Waals surface area contributed by atoms with Gasteiger partial charge in [-0.05, 0) is 36.6 Å². The van der Waals surface area contributed by atoms with Crippen LogP contribution < -0.4 is 14.8 Å². The molecule has 130 valence electrons. The molecular weight excluding hydrogens is 318 g/mol. The van der Waals surface area contributed by atoms with Crippen molar-refractivity contribution in [2.24, 2.45) is 7.05 Å². The maximum Gasteiger partial charge on any atom is 0.283 e.